The third-order valence-electron chi connectivity index (χ3n) is 2.88. The van der Waals surface area contributed by atoms with Gasteiger partial charge in [-0.15, -0.1) is 11.8 Å². The average molecular weight is 305 g/mol. The largest absolute Gasteiger partial charge is 0.495 e. The highest BCUT2D eigenvalue weighted by Crippen LogP contribution is 2.37. The van der Waals surface area contributed by atoms with E-state index in [9.17, 15) is 10.1 Å². The van der Waals surface area contributed by atoms with Crippen LogP contribution < -0.4 is 10.1 Å². The Morgan fingerprint density at radius 2 is 2.24 bits per heavy atom. The van der Waals surface area contributed by atoms with E-state index in [1.807, 2.05) is 24.5 Å². The Balaban J connectivity index is 2.30. The van der Waals surface area contributed by atoms with Gasteiger partial charge in [-0.3, -0.25) is 15.1 Å². The molecule has 2 rings (SSSR count). The predicted molar refractivity (Wildman–Crippen MR) is 83.0 cm³/mol. The normalized spacial score (nSPS) is 10.2. The molecule has 0 saturated heterocycles. The molecule has 0 unspecified atom stereocenters. The molecule has 0 fully saturated rings. The third kappa shape index (κ3) is 3.63. The van der Waals surface area contributed by atoms with Crippen LogP contribution in [0.2, 0.25) is 0 Å². The minimum atomic E-state index is -0.423. The number of anilines is 1. The van der Waals surface area contributed by atoms with Crippen LogP contribution in [0.4, 0.5) is 11.4 Å². The van der Waals surface area contributed by atoms with Crippen molar-refractivity contribution in [3.8, 4) is 5.75 Å². The van der Waals surface area contributed by atoms with Gasteiger partial charge in [0.25, 0.3) is 5.69 Å². The van der Waals surface area contributed by atoms with Gasteiger partial charge in [-0.05, 0) is 24.5 Å². The van der Waals surface area contributed by atoms with E-state index < -0.39 is 4.92 Å². The number of nitrogens with one attached hydrogen (secondary N) is 1. The Bertz CT molecular complexity index is 635. The second-order valence-corrected chi connectivity index (χ2v) is 5.00. The molecule has 21 heavy (non-hydrogen) atoms. The van der Waals surface area contributed by atoms with Gasteiger partial charge in [-0.25, -0.2) is 0 Å². The quantitative estimate of drug-likeness (QED) is 0.501. The molecule has 2 aromatic rings. The minimum Gasteiger partial charge on any atom is -0.495 e. The monoisotopic (exact) mass is 305 g/mol. The second kappa shape index (κ2) is 6.94. The van der Waals surface area contributed by atoms with Gasteiger partial charge in [0.1, 0.15) is 11.4 Å². The molecular formula is C14H15N3O3S. The van der Waals surface area contributed by atoms with Crippen molar-refractivity contribution in [1.29, 1.82) is 0 Å². The molecule has 0 aliphatic rings. The molecule has 0 amide bonds. The minimum absolute atomic E-state index is 0.0134. The zero-order chi connectivity index (χ0) is 15.2. The summed E-state index contributed by atoms with van der Waals surface area (Å²) in [7, 11) is 1.50. The molecule has 1 N–H and O–H groups in total. The molecule has 1 heterocycles. The Kier molecular flexibility index (Phi) is 4.99. The molecule has 0 aliphatic carbocycles. The van der Waals surface area contributed by atoms with Crippen LogP contribution in [-0.4, -0.2) is 23.3 Å². The van der Waals surface area contributed by atoms with Crippen molar-refractivity contribution in [3.63, 3.8) is 0 Å². The number of hydrogen-bond acceptors (Lipinski definition) is 6. The van der Waals surface area contributed by atoms with Crippen LogP contribution in [0.15, 0.2) is 41.4 Å². The van der Waals surface area contributed by atoms with Gasteiger partial charge in [0.05, 0.1) is 35.2 Å². The van der Waals surface area contributed by atoms with Gasteiger partial charge in [0, 0.05) is 6.20 Å². The highest BCUT2D eigenvalue weighted by molar-refractivity contribution is 7.98. The number of ether oxygens (including phenoxy) is 1. The number of methoxy groups -OCH3 is 1. The summed E-state index contributed by atoms with van der Waals surface area (Å²) in [6.07, 6.45) is 3.58. The number of hydrogen-bond donors (Lipinski definition) is 1. The third-order valence-corrected chi connectivity index (χ3v) is 3.64. The fourth-order valence-electron chi connectivity index (χ4n) is 1.85. The van der Waals surface area contributed by atoms with Crippen LogP contribution in [0.25, 0.3) is 0 Å². The molecule has 6 nitrogen and oxygen atoms in total. The van der Waals surface area contributed by atoms with E-state index in [1.54, 1.807) is 12.3 Å². The molecule has 1 aromatic carbocycles. The first kappa shape index (κ1) is 15.1. The summed E-state index contributed by atoms with van der Waals surface area (Å²) in [6, 6.07) is 8.72. The maximum atomic E-state index is 11.2. The Morgan fingerprint density at radius 3 is 2.81 bits per heavy atom. The molecule has 0 aliphatic heterocycles. The maximum absolute atomic E-state index is 11.2. The van der Waals surface area contributed by atoms with Crippen molar-refractivity contribution in [2.24, 2.45) is 0 Å². The number of rotatable bonds is 6. The lowest BCUT2D eigenvalue weighted by atomic mass is 10.2. The standard InChI is InChI=1S/C14H15N3O3S/c1-20-13-8-12(17(18)19)11(7-14(13)21-2)16-9-10-5-3-4-6-15-10/h3-8,16H,9H2,1-2H3. The van der Waals surface area contributed by atoms with E-state index in [-0.39, 0.29) is 5.69 Å². The van der Waals surface area contributed by atoms with Gasteiger partial charge in [-0.1, -0.05) is 6.07 Å². The molecular weight excluding hydrogens is 290 g/mol. The lowest BCUT2D eigenvalue weighted by Gasteiger charge is -2.11. The van der Waals surface area contributed by atoms with Crippen molar-refractivity contribution in [1.82, 2.24) is 4.98 Å². The summed E-state index contributed by atoms with van der Waals surface area (Å²) in [5.74, 6) is 0.498. The SMILES string of the molecule is COc1cc([N+](=O)[O-])c(NCc2ccccn2)cc1SC. The topological polar surface area (TPSA) is 77.3 Å². The number of nitrogens with zero attached hydrogens (tertiary/aromatic N) is 2. The first-order valence-corrected chi connectivity index (χ1v) is 7.42. The fourth-order valence-corrected chi connectivity index (χ4v) is 2.43. The van der Waals surface area contributed by atoms with Gasteiger partial charge in [0.15, 0.2) is 0 Å². The summed E-state index contributed by atoms with van der Waals surface area (Å²) in [5.41, 5.74) is 1.25. The first-order valence-electron chi connectivity index (χ1n) is 6.20. The molecule has 110 valence electrons. The van der Waals surface area contributed by atoms with E-state index in [1.165, 1.54) is 24.9 Å². The van der Waals surface area contributed by atoms with Gasteiger partial charge < -0.3 is 10.1 Å². The van der Waals surface area contributed by atoms with E-state index in [2.05, 4.69) is 10.3 Å². The lowest BCUT2D eigenvalue weighted by molar-refractivity contribution is -0.384. The maximum Gasteiger partial charge on any atom is 0.296 e. The van der Waals surface area contributed by atoms with Crippen molar-refractivity contribution in [3.05, 3.63) is 52.3 Å². The summed E-state index contributed by atoms with van der Waals surface area (Å²) < 4.78 is 5.18. The summed E-state index contributed by atoms with van der Waals surface area (Å²) in [4.78, 5) is 15.8. The van der Waals surface area contributed by atoms with Crippen LogP contribution >= 0.6 is 11.8 Å². The van der Waals surface area contributed by atoms with Gasteiger partial charge >= 0.3 is 0 Å². The number of pyridine rings is 1. The van der Waals surface area contributed by atoms with Crippen molar-refractivity contribution in [2.45, 2.75) is 11.4 Å². The second-order valence-electron chi connectivity index (χ2n) is 4.16. The van der Waals surface area contributed by atoms with Crippen molar-refractivity contribution >= 4 is 23.1 Å². The predicted octanol–water partition coefficient (Wildman–Crippen LogP) is 3.33. The molecule has 7 heteroatoms. The number of benzene rings is 1. The fraction of sp³-hybridized carbons (Fsp3) is 0.214. The summed E-state index contributed by atoms with van der Waals surface area (Å²) in [6.45, 7) is 0.418. The summed E-state index contributed by atoms with van der Waals surface area (Å²) in [5, 5.41) is 14.3. The smallest absolute Gasteiger partial charge is 0.296 e. The van der Waals surface area contributed by atoms with Crippen LogP contribution in [0.1, 0.15) is 5.69 Å². The number of thioether (sulfide) groups is 1. The molecule has 0 radical (unpaired) electrons. The lowest BCUT2D eigenvalue weighted by Crippen LogP contribution is -2.04. The molecule has 0 bridgehead atoms. The average Bonchev–Trinajstić information content (AvgIpc) is 2.52. The molecule has 0 saturated carbocycles. The van der Waals surface area contributed by atoms with Crippen molar-refractivity contribution in [2.75, 3.05) is 18.7 Å². The Hall–Kier alpha value is -2.28. The Morgan fingerprint density at radius 1 is 1.43 bits per heavy atom. The van der Waals surface area contributed by atoms with E-state index in [4.69, 9.17) is 4.74 Å². The summed E-state index contributed by atoms with van der Waals surface area (Å²) >= 11 is 1.47. The van der Waals surface area contributed by atoms with Crippen LogP contribution in [0.3, 0.4) is 0 Å². The van der Waals surface area contributed by atoms with E-state index in [0.29, 0.717) is 18.0 Å². The van der Waals surface area contributed by atoms with Crippen LogP contribution in [-0.2, 0) is 6.54 Å². The zero-order valence-corrected chi connectivity index (χ0v) is 12.5. The highest BCUT2D eigenvalue weighted by Gasteiger charge is 2.18. The number of aromatic nitrogens is 1. The van der Waals surface area contributed by atoms with E-state index >= 15 is 0 Å². The highest BCUT2D eigenvalue weighted by atomic mass is 32.2. The van der Waals surface area contributed by atoms with Crippen LogP contribution in [0.5, 0.6) is 5.75 Å². The van der Waals surface area contributed by atoms with Crippen LogP contribution in [0, 0.1) is 10.1 Å². The number of nitro benzene ring substituents is 1. The van der Waals surface area contributed by atoms with Gasteiger partial charge in [-0.2, -0.15) is 0 Å². The number of nitro groups is 1. The first-order chi connectivity index (χ1) is 10.2. The zero-order valence-electron chi connectivity index (χ0n) is 11.7. The van der Waals surface area contributed by atoms with E-state index in [0.717, 1.165) is 10.6 Å². The van der Waals surface area contributed by atoms with Gasteiger partial charge in [0.2, 0.25) is 0 Å². The van der Waals surface area contributed by atoms with Crippen molar-refractivity contribution < 1.29 is 9.66 Å². The molecule has 0 spiro atoms. The molecule has 1 aromatic heterocycles. The molecule has 0 atom stereocenters. The Labute approximate surface area is 126 Å².